The summed E-state index contributed by atoms with van der Waals surface area (Å²) in [7, 11) is 1.53. The number of amides is 2. The summed E-state index contributed by atoms with van der Waals surface area (Å²) >= 11 is 1.76. The van der Waals surface area contributed by atoms with Crippen LogP contribution in [0.25, 0.3) is 0 Å². The van der Waals surface area contributed by atoms with Gasteiger partial charge in [0.1, 0.15) is 11.8 Å². The van der Waals surface area contributed by atoms with Crippen molar-refractivity contribution in [2.45, 2.75) is 44.1 Å². The van der Waals surface area contributed by atoms with Crippen LogP contribution < -0.4 is 16.1 Å². The zero-order chi connectivity index (χ0) is 22.4. The summed E-state index contributed by atoms with van der Waals surface area (Å²) in [5.41, 5.74) is -0.364. The fraction of sp³-hybridized carbons (Fsp3) is 0.435. The molecular weight excluding hydrogens is 416 g/mol. The van der Waals surface area contributed by atoms with Gasteiger partial charge in [-0.15, -0.1) is 0 Å². The molecule has 2 heterocycles. The minimum absolute atomic E-state index is 0.0236. The third-order valence-corrected chi connectivity index (χ3v) is 6.64. The fourth-order valence-electron chi connectivity index (χ4n) is 4.00. The molecule has 0 unspecified atom stereocenters. The van der Waals surface area contributed by atoms with Crippen molar-refractivity contribution in [1.29, 1.82) is 0 Å². The van der Waals surface area contributed by atoms with Crippen molar-refractivity contribution >= 4 is 23.6 Å². The standard InChI is InChI=1S/C23H28N2O5S/c1-15-12-18(26)20(28)21(30-15)23(8-10-31-11-9-23)14-19(27)25-17(22(29)24-2)13-16-6-4-3-5-7-16/h3-7,12,17,28H,8-11,13-14H2,1-2H3,(H,24,29)(H,25,27)/t17-/m0/s1. The van der Waals surface area contributed by atoms with E-state index < -0.39 is 22.6 Å². The molecule has 3 N–H and O–H groups in total. The Kier molecular flexibility index (Phi) is 7.43. The first-order chi connectivity index (χ1) is 14.8. The smallest absolute Gasteiger partial charge is 0.242 e. The first-order valence-corrected chi connectivity index (χ1v) is 11.5. The van der Waals surface area contributed by atoms with E-state index in [0.29, 0.717) is 25.0 Å². The Balaban J connectivity index is 1.85. The number of hydrogen-bond donors (Lipinski definition) is 3. The molecule has 1 atom stereocenters. The lowest BCUT2D eigenvalue weighted by molar-refractivity contribution is -0.129. The van der Waals surface area contributed by atoms with Crippen molar-refractivity contribution in [2.75, 3.05) is 18.6 Å². The summed E-state index contributed by atoms with van der Waals surface area (Å²) in [6, 6.07) is 9.98. The maximum absolute atomic E-state index is 13.1. The van der Waals surface area contributed by atoms with Gasteiger partial charge in [-0.3, -0.25) is 14.4 Å². The van der Waals surface area contributed by atoms with Crippen molar-refractivity contribution in [3.05, 3.63) is 63.7 Å². The second-order valence-electron chi connectivity index (χ2n) is 7.89. The van der Waals surface area contributed by atoms with E-state index in [0.717, 1.165) is 17.1 Å². The third-order valence-electron chi connectivity index (χ3n) is 5.66. The van der Waals surface area contributed by atoms with E-state index in [2.05, 4.69) is 10.6 Å². The van der Waals surface area contributed by atoms with Gasteiger partial charge in [0.15, 0.2) is 5.76 Å². The maximum atomic E-state index is 13.1. The van der Waals surface area contributed by atoms with Crippen LogP contribution in [0.15, 0.2) is 45.6 Å². The van der Waals surface area contributed by atoms with Crippen molar-refractivity contribution in [1.82, 2.24) is 10.6 Å². The minimum Gasteiger partial charge on any atom is -0.502 e. The monoisotopic (exact) mass is 444 g/mol. The molecule has 2 aromatic rings. The van der Waals surface area contributed by atoms with Crippen LogP contribution in [0.2, 0.25) is 0 Å². The Morgan fingerprint density at radius 1 is 1.23 bits per heavy atom. The lowest BCUT2D eigenvalue weighted by Crippen LogP contribution is -2.49. The van der Waals surface area contributed by atoms with E-state index in [1.165, 1.54) is 13.1 Å². The Morgan fingerprint density at radius 2 is 1.90 bits per heavy atom. The van der Waals surface area contributed by atoms with Gasteiger partial charge < -0.3 is 20.2 Å². The van der Waals surface area contributed by atoms with Gasteiger partial charge in [0.2, 0.25) is 23.0 Å². The second-order valence-corrected chi connectivity index (χ2v) is 9.12. The Bertz CT molecular complexity index is 983. The zero-order valence-corrected chi connectivity index (χ0v) is 18.6. The molecule has 8 heteroatoms. The number of carbonyl (C=O) groups excluding carboxylic acids is 2. The summed E-state index contributed by atoms with van der Waals surface area (Å²) in [5, 5.41) is 15.9. The zero-order valence-electron chi connectivity index (χ0n) is 17.8. The Morgan fingerprint density at radius 3 is 2.55 bits per heavy atom. The van der Waals surface area contributed by atoms with Crippen LogP contribution in [0, 0.1) is 6.92 Å². The molecule has 7 nitrogen and oxygen atoms in total. The number of nitrogens with one attached hydrogen (secondary N) is 2. The molecule has 0 radical (unpaired) electrons. The van der Waals surface area contributed by atoms with E-state index in [1.807, 2.05) is 30.3 Å². The number of likely N-dealkylation sites (N-methyl/N-ethyl adjacent to an activating group) is 1. The number of rotatable bonds is 7. The van der Waals surface area contributed by atoms with Crippen molar-refractivity contribution in [2.24, 2.45) is 0 Å². The lowest BCUT2D eigenvalue weighted by Gasteiger charge is -2.36. The molecule has 1 saturated heterocycles. The van der Waals surface area contributed by atoms with E-state index in [9.17, 15) is 19.5 Å². The molecule has 2 amide bonds. The average molecular weight is 445 g/mol. The van der Waals surface area contributed by atoms with Gasteiger partial charge in [-0.2, -0.15) is 11.8 Å². The number of aromatic hydroxyl groups is 1. The van der Waals surface area contributed by atoms with Crippen molar-refractivity contribution in [3.63, 3.8) is 0 Å². The number of thioether (sulfide) groups is 1. The van der Waals surface area contributed by atoms with Crippen LogP contribution in [0.1, 0.15) is 36.3 Å². The first-order valence-electron chi connectivity index (χ1n) is 10.3. The SMILES string of the molecule is CNC(=O)[C@H](Cc1ccccc1)NC(=O)CC1(c2oc(C)cc(=O)c2O)CCSCC1. The van der Waals surface area contributed by atoms with E-state index in [1.54, 1.807) is 18.7 Å². The van der Waals surface area contributed by atoms with Gasteiger partial charge in [-0.25, -0.2) is 0 Å². The number of aryl methyl sites for hydroxylation is 1. The molecule has 0 saturated carbocycles. The molecule has 0 spiro atoms. The maximum Gasteiger partial charge on any atom is 0.242 e. The molecule has 1 aromatic carbocycles. The van der Waals surface area contributed by atoms with Crippen LogP contribution in [0.5, 0.6) is 5.75 Å². The van der Waals surface area contributed by atoms with Crippen LogP contribution >= 0.6 is 11.8 Å². The molecule has 1 aromatic heterocycles. The van der Waals surface area contributed by atoms with Gasteiger partial charge in [0.05, 0.1) is 0 Å². The molecule has 0 aliphatic carbocycles. The predicted octanol–water partition coefficient (Wildman–Crippen LogP) is 2.28. The third kappa shape index (κ3) is 5.50. The van der Waals surface area contributed by atoms with Crippen LogP contribution in [0.4, 0.5) is 0 Å². The van der Waals surface area contributed by atoms with Crippen molar-refractivity contribution < 1.29 is 19.1 Å². The highest BCUT2D eigenvalue weighted by Gasteiger charge is 2.42. The minimum atomic E-state index is -0.787. The first kappa shape index (κ1) is 22.9. The molecule has 1 aliphatic heterocycles. The van der Waals surface area contributed by atoms with Gasteiger partial charge >= 0.3 is 0 Å². The quantitative estimate of drug-likeness (QED) is 0.605. The molecular formula is C23H28N2O5S. The van der Waals surface area contributed by atoms with Gasteiger partial charge in [-0.1, -0.05) is 30.3 Å². The van der Waals surface area contributed by atoms with Crippen molar-refractivity contribution in [3.8, 4) is 5.75 Å². The van der Waals surface area contributed by atoms with Crippen LogP contribution in [-0.2, 0) is 21.4 Å². The van der Waals surface area contributed by atoms with Crippen LogP contribution in [0.3, 0.4) is 0 Å². The fourth-order valence-corrected chi connectivity index (χ4v) is 5.27. The summed E-state index contributed by atoms with van der Waals surface area (Å²) in [4.78, 5) is 37.7. The molecule has 166 valence electrons. The predicted molar refractivity (Wildman–Crippen MR) is 120 cm³/mol. The normalized spacial score (nSPS) is 16.3. The van der Waals surface area contributed by atoms with Crippen LogP contribution in [-0.4, -0.2) is 41.5 Å². The number of hydrogen-bond acceptors (Lipinski definition) is 6. The van der Waals surface area contributed by atoms with E-state index >= 15 is 0 Å². The topological polar surface area (TPSA) is 109 Å². The second kappa shape index (κ2) is 10.0. The highest BCUT2D eigenvalue weighted by atomic mass is 32.2. The largest absolute Gasteiger partial charge is 0.502 e. The Labute approximate surface area is 185 Å². The van der Waals surface area contributed by atoms with Gasteiger partial charge in [0.25, 0.3) is 0 Å². The molecule has 1 aliphatic rings. The lowest BCUT2D eigenvalue weighted by atomic mass is 9.75. The molecule has 3 rings (SSSR count). The highest BCUT2D eigenvalue weighted by Crippen LogP contribution is 2.44. The number of carbonyl (C=O) groups is 2. The average Bonchev–Trinajstić information content (AvgIpc) is 2.76. The molecule has 0 bridgehead atoms. The van der Waals surface area contributed by atoms with E-state index in [-0.39, 0.29) is 24.0 Å². The van der Waals surface area contributed by atoms with Gasteiger partial charge in [-0.05, 0) is 36.8 Å². The Hall–Kier alpha value is -2.74. The van der Waals surface area contributed by atoms with E-state index in [4.69, 9.17) is 4.42 Å². The summed E-state index contributed by atoms with van der Waals surface area (Å²) in [5.74, 6) is 1.10. The van der Waals surface area contributed by atoms with Gasteiger partial charge in [0, 0.05) is 31.4 Å². The summed E-state index contributed by atoms with van der Waals surface area (Å²) < 4.78 is 5.78. The summed E-state index contributed by atoms with van der Waals surface area (Å²) in [6.07, 6.45) is 1.57. The molecule has 1 fully saturated rings. The number of benzene rings is 1. The molecule has 31 heavy (non-hydrogen) atoms. The highest BCUT2D eigenvalue weighted by molar-refractivity contribution is 7.99. The summed E-state index contributed by atoms with van der Waals surface area (Å²) in [6.45, 7) is 1.65.